The van der Waals surface area contributed by atoms with Crippen LogP contribution in [-0.4, -0.2) is 13.2 Å². The van der Waals surface area contributed by atoms with E-state index >= 15 is 0 Å². The highest BCUT2D eigenvalue weighted by atomic mass is 35.5. The van der Waals surface area contributed by atoms with Crippen molar-refractivity contribution in [1.29, 1.82) is 0 Å². The Balaban J connectivity index is 2.32. The SMILES string of the molecule is C=CCOc1ccc(F)c(Cl)c1C1CC1CN. The summed E-state index contributed by atoms with van der Waals surface area (Å²) in [6.45, 7) is 4.56. The predicted molar refractivity (Wildman–Crippen MR) is 67.0 cm³/mol. The van der Waals surface area contributed by atoms with E-state index in [1.807, 2.05) is 0 Å². The largest absolute Gasteiger partial charge is 0.489 e. The highest BCUT2D eigenvalue weighted by Crippen LogP contribution is 2.52. The van der Waals surface area contributed by atoms with Gasteiger partial charge >= 0.3 is 0 Å². The zero-order valence-corrected chi connectivity index (χ0v) is 10.2. The molecule has 1 saturated carbocycles. The van der Waals surface area contributed by atoms with Crippen LogP contribution in [0.4, 0.5) is 4.39 Å². The number of halogens is 2. The monoisotopic (exact) mass is 255 g/mol. The Hall–Kier alpha value is -1.06. The van der Waals surface area contributed by atoms with Gasteiger partial charge in [0.15, 0.2) is 0 Å². The molecule has 1 fully saturated rings. The Morgan fingerprint density at radius 2 is 2.35 bits per heavy atom. The minimum atomic E-state index is -0.407. The average Bonchev–Trinajstić information content (AvgIpc) is 3.09. The van der Waals surface area contributed by atoms with E-state index in [1.54, 1.807) is 12.1 Å². The normalized spacial score (nSPS) is 22.3. The molecule has 17 heavy (non-hydrogen) atoms. The first-order valence-corrected chi connectivity index (χ1v) is 5.98. The van der Waals surface area contributed by atoms with Crippen LogP contribution in [0.2, 0.25) is 5.02 Å². The van der Waals surface area contributed by atoms with Crippen molar-refractivity contribution in [3.8, 4) is 5.75 Å². The van der Waals surface area contributed by atoms with Crippen LogP contribution in [0.5, 0.6) is 5.75 Å². The maximum atomic E-state index is 13.5. The summed E-state index contributed by atoms with van der Waals surface area (Å²) in [7, 11) is 0. The van der Waals surface area contributed by atoms with Crippen LogP contribution < -0.4 is 10.5 Å². The Morgan fingerprint density at radius 3 is 2.94 bits per heavy atom. The third-order valence-electron chi connectivity index (χ3n) is 3.05. The lowest BCUT2D eigenvalue weighted by Gasteiger charge is -2.12. The minimum Gasteiger partial charge on any atom is -0.489 e. The fourth-order valence-electron chi connectivity index (χ4n) is 2.03. The summed E-state index contributed by atoms with van der Waals surface area (Å²) >= 11 is 6.01. The van der Waals surface area contributed by atoms with Crippen LogP contribution in [0.25, 0.3) is 0 Å². The van der Waals surface area contributed by atoms with Crippen LogP contribution >= 0.6 is 11.6 Å². The lowest BCUT2D eigenvalue weighted by atomic mass is 10.1. The van der Waals surface area contributed by atoms with Crippen LogP contribution in [-0.2, 0) is 0 Å². The second-order valence-electron chi connectivity index (χ2n) is 4.21. The van der Waals surface area contributed by atoms with Crippen molar-refractivity contribution in [2.75, 3.05) is 13.2 Å². The quantitative estimate of drug-likeness (QED) is 0.821. The molecule has 0 spiro atoms. The molecule has 2 nitrogen and oxygen atoms in total. The molecule has 1 aliphatic carbocycles. The van der Waals surface area contributed by atoms with Gasteiger partial charge in [-0.2, -0.15) is 0 Å². The van der Waals surface area contributed by atoms with E-state index in [0.717, 1.165) is 12.0 Å². The molecular weight excluding hydrogens is 241 g/mol. The minimum absolute atomic E-state index is 0.160. The number of nitrogens with two attached hydrogens (primary N) is 1. The molecule has 0 bridgehead atoms. The van der Waals surface area contributed by atoms with Crippen LogP contribution in [0, 0.1) is 11.7 Å². The molecule has 2 N–H and O–H groups in total. The van der Waals surface area contributed by atoms with Crippen molar-refractivity contribution in [3.63, 3.8) is 0 Å². The van der Waals surface area contributed by atoms with Gasteiger partial charge in [-0.25, -0.2) is 4.39 Å². The lowest BCUT2D eigenvalue weighted by Crippen LogP contribution is -2.04. The summed E-state index contributed by atoms with van der Waals surface area (Å²) in [5, 5.41) is 0.160. The van der Waals surface area contributed by atoms with Gasteiger partial charge in [-0.1, -0.05) is 24.3 Å². The zero-order valence-electron chi connectivity index (χ0n) is 9.46. The zero-order chi connectivity index (χ0) is 12.4. The fourth-order valence-corrected chi connectivity index (χ4v) is 2.33. The van der Waals surface area contributed by atoms with Gasteiger partial charge in [0.05, 0.1) is 5.02 Å². The van der Waals surface area contributed by atoms with Gasteiger partial charge in [-0.3, -0.25) is 0 Å². The van der Waals surface area contributed by atoms with Gasteiger partial charge in [0.2, 0.25) is 0 Å². The number of hydrogen-bond acceptors (Lipinski definition) is 2. The molecule has 0 saturated heterocycles. The summed E-state index contributed by atoms with van der Waals surface area (Å²) in [6, 6.07) is 2.94. The topological polar surface area (TPSA) is 35.2 Å². The van der Waals surface area contributed by atoms with Gasteiger partial charge in [0.25, 0.3) is 0 Å². The molecule has 1 aliphatic rings. The Kier molecular flexibility index (Phi) is 3.69. The van der Waals surface area contributed by atoms with Gasteiger partial charge in [0, 0.05) is 5.56 Å². The summed E-state index contributed by atoms with van der Waals surface area (Å²) in [5.41, 5.74) is 6.36. The molecule has 2 rings (SSSR count). The molecule has 2 unspecified atom stereocenters. The second kappa shape index (κ2) is 5.07. The Bertz CT molecular complexity index is 436. The number of hydrogen-bond donors (Lipinski definition) is 1. The molecule has 4 heteroatoms. The van der Waals surface area contributed by atoms with Gasteiger partial charge < -0.3 is 10.5 Å². The molecule has 0 radical (unpaired) electrons. The summed E-state index contributed by atoms with van der Waals surface area (Å²) < 4.78 is 19.0. The predicted octanol–water partition coefficient (Wildman–Crippen LogP) is 3.11. The lowest BCUT2D eigenvalue weighted by molar-refractivity contribution is 0.358. The highest BCUT2D eigenvalue weighted by Gasteiger charge is 2.40. The Morgan fingerprint density at radius 1 is 1.59 bits per heavy atom. The number of ether oxygens (including phenoxy) is 1. The maximum absolute atomic E-state index is 13.5. The number of benzene rings is 1. The molecule has 1 aromatic carbocycles. The van der Waals surface area contributed by atoms with Crippen molar-refractivity contribution in [1.82, 2.24) is 0 Å². The maximum Gasteiger partial charge on any atom is 0.142 e. The molecule has 0 heterocycles. The first-order valence-electron chi connectivity index (χ1n) is 5.60. The van der Waals surface area contributed by atoms with Crippen molar-refractivity contribution in [2.24, 2.45) is 11.7 Å². The van der Waals surface area contributed by atoms with Crippen molar-refractivity contribution in [3.05, 3.63) is 41.2 Å². The molecule has 1 aromatic rings. The van der Waals surface area contributed by atoms with Crippen LogP contribution in [0.1, 0.15) is 17.9 Å². The average molecular weight is 256 g/mol. The molecule has 0 amide bonds. The Labute approximate surface area is 105 Å². The van der Waals surface area contributed by atoms with Crippen LogP contribution in [0.15, 0.2) is 24.8 Å². The molecule has 2 atom stereocenters. The van der Waals surface area contributed by atoms with E-state index in [1.165, 1.54) is 6.07 Å². The molecule has 0 aromatic heterocycles. The third kappa shape index (κ3) is 2.45. The van der Waals surface area contributed by atoms with E-state index in [-0.39, 0.29) is 10.9 Å². The van der Waals surface area contributed by atoms with E-state index in [4.69, 9.17) is 22.1 Å². The smallest absolute Gasteiger partial charge is 0.142 e. The van der Waals surface area contributed by atoms with E-state index < -0.39 is 5.82 Å². The van der Waals surface area contributed by atoms with Crippen LogP contribution in [0.3, 0.4) is 0 Å². The number of rotatable bonds is 5. The molecule has 92 valence electrons. The van der Waals surface area contributed by atoms with Gasteiger partial charge in [-0.15, -0.1) is 0 Å². The summed E-state index contributed by atoms with van der Waals surface area (Å²) in [4.78, 5) is 0. The summed E-state index contributed by atoms with van der Waals surface area (Å²) in [6.07, 6.45) is 2.60. The molecule has 0 aliphatic heterocycles. The first-order chi connectivity index (χ1) is 8.19. The standard InChI is InChI=1S/C13H15ClFNO/c1-2-5-17-11-4-3-10(15)13(14)12(11)9-6-8(9)7-16/h2-4,8-9H,1,5-7,16H2. The van der Waals surface area contributed by atoms with Gasteiger partial charge in [0.1, 0.15) is 18.2 Å². The first kappa shape index (κ1) is 12.4. The van der Waals surface area contributed by atoms with E-state index in [9.17, 15) is 4.39 Å². The van der Waals surface area contributed by atoms with Crippen molar-refractivity contribution >= 4 is 11.6 Å². The highest BCUT2D eigenvalue weighted by molar-refractivity contribution is 6.31. The fraction of sp³-hybridized carbons (Fsp3) is 0.385. The van der Waals surface area contributed by atoms with Crippen molar-refractivity contribution < 1.29 is 9.13 Å². The molecular formula is C13H15ClFNO. The van der Waals surface area contributed by atoms with E-state index in [2.05, 4.69) is 6.58 Å². The third-order valence-corrected chi connectivity index (χ3v) is 3.43. The van der Waals surface area contributed by atoms with E-state index in [0.29, 0.717) is 24.8 Å². The second-order valence-corrected chi connectivity index (χ2v) is 4.59. The van der Waals surface area contributed by atoms with Crippen molar-refractivity contribution in [2.45, 2.75) is 12.3 Å². The van der Waals surface area contributed by atoms with Gasteiger partial charge in [-0.05, 0) is 36.9 Å². The summed E-state index contributed by atoms with van der Waals surface area (Å²) in [5.74, 6) is 0.843.